The van der Waals surface area contributed by atoms with E-state index in [9.17, 15) is 9.18 Å². The molecule has 28 heavy (non-hydrogen) atoms. The number of hydrogen-bond donors (Lipinski definition) is 4. The first kappa shape index (κ1) is 20.0. The number of carbonyl (C=O) groups excluding carboxylic acids is 1. The molecule has 0 fully saturated rings. The lowest BCUT2D eigenvalue weighted by atomic mass is 9.99. The van der Waals surface area contributed by atoms with Crippen LogP contribution in [0.3, 0.4) is 0 Å². The van der Waals surface area contributed by atoms with Crippen molar-refractivity contribution in [3.8, 4) is 11.1 Å². The van der Waals surface area contributed by atoms with Crippen molar-refractivity contribution in [1.29, 1.82) is 0 Å². The third kappa shape index (κ3) is 4.39. The maximum atomic E-state index is 13.3. The Morgan fingerprint density at radius 2 is 2.00 bits per heavy atom. The molecule has 1 aromatic heterocycles. The zero-order valence-electron chi connectivity index (χ0n) is 15.8. The third-order valence-electron chi connectivity index (χ3n) is 4.58. The van der Waals surface area contributed by atoms with E-state index in [1.165, 1.54) is 12.1 Å². The fourth-order valence-electron chi connectivity index (χ4n) is 3.20. The number of aryl methyl sites for hydroxylation is 1. The Hall–Kier alpha value is -2.74. The van der Waals surface area contributed by atoms with Crippen LogP contribution in [0.25, 0.3) is 22.0 Å². The molecule has 1 amide bonds. The van der Waals surface area contributed by atoms with Crippen molar-refractivity contribution in [1.82, 2.24) is 10.3 Å². The standard InChI is InChI=1S/C21H25FN4O2/c1-13-19-17(14-5-7-15(22)8-6-14)3-2-4-18(19)26-20(13)21(27)25-11-16(24)12-28-10-9-23/h2-8,16,26H,9-12,23-24H2,1H3,(H,25,27). The van der Waals surface area contributed by atoms with Gasteiger partial charge < -0.3 is 26.5 Å². The van der Waals surface area contributed by atoms with Crippen LogP contribution in [0.5, 0.6) is 0 Å². The van der Waals surface area contributed by atoms with Gasteiger partial charge in [0, 0.05) is 30.0 Å². The molecule has 0 radical (unpaired) electrons. The fourth-order valence-corrected chi connectivity index (χ4v) is 3.20. The molecule has 0 aliphatic carbocycles. The second-order valence-electron chi connectivity index (χ2n) is 6.69. The van der Waals surface area contributed by atoms with Crippen LogP contribution in [-0.2, 0) is 4.74 Å². The van der Waals surface area contributed by atoms with Gasteiger partial charge in [-0.2, -0.15) is 0 Å². The minimum Gasteiger partial charge on any atom is -0.378 e. The van der Waals surface area contributed by atoms with E-state index in [0.717, 1.165) is 27.6 Å². The Balaban J connectivity index is 1.81. The Morgan fingerprint density at radius 3 is 2.71 bits per heavy atom. The van der Waals surface area contributed by atoms with Gasteiger partial charge in [-0.1, -0.05) is 24.3 Å². The second kappa shape index (κ2) is 8.97. The monoisotopic (exact) mass is 384 g/mol. The topological polar surface area (TPSA) is 106 Å². The number of benzene rings is 2. The molecule has 3 rings (SSSR count). The summed E-state index contributed by atoms with van der Waals surface area (Å²) in [6.07, 6.45) is 0. The van der Waals surface area contributed by atoms with Crippen molar-refractivity contribution in [2.45, 2.75) is 13.0 Å². The summed E-state index contributed by atoms with van der Waals surface area (Å²) < 4.78 is 18.6. The Bertz CT molecular complexity index is 953. The van der Waals surface area contributed by atoms with Crippen molar-refractivity contribution in [2.24, 2.45) is 11.5 Å². The van der Waals surface area contributed by atoms with Crippen molar-refractivity contribution in [2.75, 3.05) is 26.3 Å². The Kier molecular flexibility index (Phi) is 6.41. The summed E-state index contributed by atoms with van der Waals surface area (Å²) in [5.41, 5.74) is 15.3. The molecule has 0 spiro atoms. The third-order valence-corrected chi connectivity index (χ3v) is 4.58. The molecule has 0 saturated heterocycles. The Labute approximate surface area is 163 Å². The summed E-state index contributed by atoms with van der Waals surface area (Å²) in [6.45, 7) is 3.39. The smallest absolute Gasteiger partial charge is 0.268 e. The SMILES string of the molecule is Cc1c(C(=O)NCC(N)COCCN)[nH]c2cccc(-c3ccc(F)cc3)c12. The van der Waals surface area contributed by atoms with Crippen molar-refractivity contribution in [3.05, 3.63) is 59.5 Å². The van der Waals surface area contributed by atoms with Crippen LogP contribution in [0.2, 0.25) is 0 Å². The molecule has 148 valence electrons. The lowest BCUT2D eigenvalue weighted by Gasteiger charge is -2.12. The van der Waals surface area contributed by atoms with E-state index in [1.54, 1.807) is 12.1 Å². The molecule has 1 unspecified atom stereocenters. The summed E-state index contributed by atoms with van der Waals surface area (Å²) in [5, 5.41) is 3.78. The summed E-state index contributed by atoms with van der Waals surface area (Å²) in [4.78, 5) is 15.8. The average molecular weight is 384 g/mol. The minimum atomic E-state index is -0.310. The quantitative estimate of drug-likeness (QED) is 0.447. The van der Waals surface area contributed by atoms with E-state index in [2.05, 4.69) is 10.3 Å². The van der Waals surface area contributed by atoms with Crippen LogP contribution in [0.4, 0.5) is 4.39 Å². The predicted octanol–water partition coefficient (Wildman–Crippen LogP) is 2.31. The van der Waals surface area contributed by atoms with E-state index < -0.39 is 0 Å². The van der Waals surface area contributed by atoms with Gasteiger partial charge >= 0.3 is 0 Å². The zero-order valence-corrected chi connectivity index (χ0v) is 15.8. The number of ether oxygens (including phenoxy) is 1. The molecule has 3 aromatic rings. The highest BCUT2D eigenvalue weighted by Gasteiger charge is 2.18. The van der Waals surface area contributed by atoms with Crippen LogP contribution in [-0.4, -0.2) is 43.2 Å². The predicted molar refractivity (Wildman–Crippen MR) is 109 cm³/mol. The van der Waals surface area contributed by atoms with Gasteiger partial charge in [0.05, 0.1) is 13.2 Å². The molecule has 0 saturated carbocycles. The lowest BCUT2D eigenvalue weighted by Crippen LogP contribution is -2.40. The number of fused-ring (bicyclic) bond motifs is 1. The maximum absolute atomic E-state index is 13.3. The van der Waals surface area contributed by atoms with Crippen molar-refractivity contribution < 1.29 is 13.9 Å². The van der Waals surface area contributed by atoms with Crippen LogP contribution in [0.15, 0.2) is 42.5 Å². The number of amides is 1. The highest BCUT2D eigenvalue weighted by Crippen LogP contribution is 2.32. The molecule has 0 aliphatic rings. The number of halogens is 1. The molecule has 2 aromatic carbocycles. The number of aromatic amines is 1. The number of aromatic nitrogens is 1. The van der Waals surface area contributed by atoms with Gasteiger partial charge in [-0.05, 0) is 41.8 Å². The summed E-state index contributed by atoms with van der Waals surface area (Å²) in [7, 11) is 0. The van der Waals surface area contributed by atoms with Gasteiger partial charge in [-0.3, -0.25) is 4.79 Å². The summed E-state index contributed by atoms with van der Waals surface area (Å²) >= 11 is 0. The van der Waals surface area contributed by atoms with Crippen molar-refractivity contribution in [3.63, 3.8) is 0 Å². The number of hydrogen-bond acceptors (Lipinski definition) is 4. The molecular weight excluding hydrogens is 359 g/mol. The average Bonchev–Trinajstić information content (AvgIpc) is 3.04. The number of nitrogens with one attached hydrogen (secondary N) is 2. The van der Waals surface area contributed by atoms with Gasteiger partial charge in [0.2, 0.25) is 0 Å². The van der Waals surface area contributed by atoms with E-state index in [-0.39, 0.29) is 17.8 Å². The number of rotatable bonds is 8. The number of H-pyrrole nitrogens is 1. The summed E-state index contributed by atoms with van der Waals surface area (Å²) in [5.74, 6) is -0.512. The van der Waals surface area contributed by atoms with E-state index >= 15 is 0 Å². The zero-order chi connectivity index (χ0) is 20.1. The number of carbonyl (C=O) groups is 1. The van der Waals surface area contributed by atoms with E-state index in [4.69, 9.17) is 16.2 Å². The maximum Gasteiger partial charge on any atom is 0.268 e. The molecular formula is C21H25FN4O2. The molecule has 6 nitrogen and oxygen atoms in total. The summed E-state index contributed by atoms with van der Waals surface area (Å²) in [6, 6.07) is 11.8. The highest BCUT2D eigenvalue weighted by atomic mass is 19.1. The first-order valence-corrected chi connectivity index (χ1v) is 9.20. The van der Waals surface area contributed by atoms with Crippen LogP contribution >= 0.6 is 0 Å². The molecule has 7 heteroatoms. The van der Waals surface area contributed by atoms with Crippen LogP contribution in [0, 0.1) is 12.7 Å². The molecule has 1 atom stereocenters. The number of nitrogens with two attached hydrogens (primary N) is 2. The highest BCUT2D eigenvalue weighted by molar-refractivity contribution is 6.05. The van der Waals surface area contributed by atoms with Gasteiger partial charge in [-0.25, -0.2) is 4.39 Å². The van der Waals surface area contributed by atoms with Crippen LogP contribution < -0.4 is 16.8 Å². The van der Waals surface area contributed by atoms with Gasteiger partial charge in [0.25, 0.3) is 5.91 Å². The first-order chi connectivity index (χ1) is 13.5. The van der Waals surface area contributed by atoms with E-state index in [0.29, 0.717) is 32.0 Å². The second-order valence-corrected chi connectivity index (χ2v) is 6.69. The van der Waals surface area contributed by atoms with Crippen LogP contribution in [0.1, 0.15) is 16.1 Å². The lowest BCUT2D eigenvalue weighted by molar-refractivity contribution is 0.0928. The van der Waals surface area contributed by atoms with Gasteiger partial charge in [-0.15, -0.1) is 0 Å². The molecule has 1 heterocycles. The normalized spacial score (nSPS) is 12.3. The molecule has 0 aliphatic heterocycles. The Morgan fingerprint density at radius 1 is 1.25 bits per heavy atom. The van der Waals surface area contributed by atoms with Gasteiger partial charge in [0.1, 0.15) is 11.5 Å². The fraction of sp³-hybridized carbons (Fsp3) is 0.286. The van der Waals surface area contributed by atoms with Crippen molar-refractivity contribution >= 4 is 16.8 Å². The first-order valence-electron chi connectivity index (χ1n) is 9.20. The van der Waals surface area contributed by atoms with Gasteiger partial charge in [0.15, 0.2) is 0 Å². The molecule has 0 bridgehead atoms. The minimum absolute atomic E-state index is 0.229. The van der Waals surface area contributed by atoms with E-state index in [1.807, 2.05) is 25.1 Å². The largest absolute Gasteiger partial charge is 0.378 e. The molecule has 6 N–H and O–H groups in total.